The van der Waals surface area contributed by atoms with Crippen molar-refractivity contribution in [3.8, 4) is 0 Å². The highest BCUT2D eigenvalue weighted by molar-refractivity contribution is 5.73. The zero-order valence-electron chi connectivity index (χ0n) is 50.4. The zero-order valence-corrected chi connectivity index (χ0v) is 50.4. The summed E-state index contributed by atoms with van der Waals surface area (Å²) < 4.78 is 82.1. The van der Waals surface area contributed by atoms with Gasteiger partial charge in [-0.3, -0.25) is 9.59 Å². The van der Waals surface area contributed by atoms with Crippen LogP contribution in [-0.2, 0) is 75.9 Å². The van der Waals surface area contributed by atoms with E-state index in [1.807, 2.05) is 0 Å². The SMILES string of the molecule is CC(=O)N[C@H]1[C@H](OC[C@H]2O[C@@H](OC[C@H]3O[C@@H](O[C@@H]([C@H](O)[C@@H](O)CO)[C@H](O)CO)[C@H](O)[C@@H](O)[C@H]3O)[C@H](O)[C@@H](O[C@@H]3O[C@H](CO)[C@@H](O[C@@H]4O[C@@H](C)[C@@H](O)[C@@H](O)[C@@H]4O)[C@H](O[C@@H]4O[C@H](CO)[C@H](O)[C@H](O)[C@H]4O)[C@H]3NC(C)=O)[C@H]2O)O[C@H](CO)[C@@H](O[C@@H]2O[C@H](CO)[C@H](O)[C@H](O)[C@H]2O)[C@@H]1O. The van der Waals surface area contributed by atoms with Crippen molar-refractivity contribution in [2.45, 2.75) is 260 Å². The number of ether oxygens (including phenoxy) is 14. The summed E-state index contributed by atoms with van der Waals surface area (Å²) in [6, 6.07) is -3.75. The molecule has 0 spiro atoms. The maximum atomic E-state index is 13.3. The summed E-state index contributed by atoms with van der Waals surface area (Å²) in [6.07, 6.45) is -74.5. The van der Waals surface area contributed by atoms with Gasteiger partial charge in [0.05, 0.1) is 59.0 Å². The van der Waals surface area contributed by atoms with Gasteiger partial charge < -0.3 is 200 Å². The molecule has 42 heteroatoms. The number of amides is 2. The third kappa shape index (κ3) is 17.6. The largest absolute Gasteiger partial charge is 0.394 e. The molecular weight excluding hydrogens is 1290 g/mol. The van der Waals surface area contributed by atoms with Crippen molar-refractivity contribution in [3.63, 3.8) is 0 Å². The van der Waals surface area contributed by atoms with Gasteiger partial charge in [0, 0.05) is 13.8 Å². The molecule has 0 unspecified atom stereocenters. The normalized spacial score (nSPS) is 47.7. The summed E-state index contributed by atoms with van der Waals surface area (Å²) in [6.45, 7) is -5.34. The van der Waals surface area contributed by atoms with E-state index in [0.29, 0.717) is 0 Å². The number of aliphatic hydroxyl groups is 24. The van der Waals surface area contributed by atoms with Gasteiger partial charge in [-0.15, -0.1) is 0 Å². The van der Waals surface area contributed by atoms with Gasteiger partial charge in [0.25, 0.3) is 0 Å². The van der Waals surface area contributed by atoms with E-state index in [0.717, 1.165) is 13.8 Å². The molecule has 2 amide bonds. The quantitative estimate of drug-likeness (QED) is 0.0363. The Kier molecular flexibility index (Phi) is 29.0. The number of carbonyl (C=O) groups excluding carboxylic acids is 2. The van der Waals surface area contributed by atoms with Crippen LogP contribution in [0.25, 0.3) is 0 Å². The summed E-state index contributed by atoms with van der Waals surface area (Å²) >= 11 is 0. The number of aliphatic hydroxyl groups excluding tert-OH is 24. The average molecular weight is 1380 g/mol. The van der Waals surface area contributed by atoms with Crippen LogP contribution in [0.3, 0.4) is 0 Å². The number of hydrogen-bond donors (Lipinski definition) is 26. The predicted molar refractivity (Wildman–Crippen MR) is 288 cm³/mol. The fourth-order valence-electron chi connectivity index (χ4n) is 11.6. The van der Waals surface area contributed by atoms with Crippen LogP contribution in [0.2, 0.25) is 0 Å². The van der Waals surface area contributed by atoms with E-state index in [1.54, 1.807) is 0 Å². The number of hydrogen-bond acceptors (Lipinski definition) is 40. The molecule has 7 heterocycles. The Morgan fingerprint density at radius 3 is 1.26 bits per heavy atom. The Labute approximate surface area is 532 Å². The molecule has 7 rings (SSSR count). The molecular formula is C52H90N2O40. The fraction of sp³-hybridized carbons (Fsp3) is 0.962. The van der Waals surface area contributed by atoms with Crippen LogP contribution in [0.4, 0.5) is 0 Å². The number of nitrogens with one attached hydrogen (secondary N) is 2. The Morgan fingerprint density at radius 1 is 0.362 bits per heavy atom. The van der Waals surface area contributed by atoms with Gasteiger partial charge >= 0.3 is 0 Å². The van der Waals surface area contributed by atoms with Crippen LogP contribution in [0.15, 0.2) is 0 Å². The molecule has 0 saturated carbocycles. The maximum absolute atomic E-state index is 13.3. The molecule has 0 bridgehead atoms. The molecule has 0 aromatic carbocycles. The Morgan fingerprint density at radius 2 is 0.745 bits per heavy atom. The average Bonchev–Trinajstić information content (AvgIpc) is 0.780. The highest BCUT2D eigenvalue weighted by atomic mass is 16.8. The monoisotopic (exact) mass is 1380 g/mol. The first kappa shape index (κ1) is 78.8. The van der Waals surface area contributed by atoms with E-state index in [-0.39, 0.29) is 0 Å². The first-order valence-electron chi connectivity index (χ1n) is 29.9. The molecule has 0 aromatic rings. The van der Waals surface area contributed by atoms with Gasteiger partial charge in [-0.25, -0.2) is 0 Å². The number of rotatable bonds is 27. The van der Waals surface area contributed by atoms with Crippen LogP contribution in [-0.4, -0.2) is 426 Å². The van der Waals surface area contributed by atoms with Gasteiger partial charge in [0.2, 0.25) is 11.8 Å². The van der Waals surface area contributed by atoms with Crippen LogP contribution in [0, 0.1) is 0 Å². The Hall–Kier alpha value is -2.58. The van der Waals surface area contributed by atoms with Crippen molar-refractivity contribution in [2.24, 2.45) is 0 Å². The number of carbonyl (C=O) groups is 2. The predicted octanol–water partition coefficient (Wildman–Crippen LogP) is -17.5. The highest BCUT2D eigenvalue weighted by Gasteiger charge is 2.59. The van der Waals surface area contributed by atoms with Crippen molar-refractivity contribution >= 4 is 11.8 Å². The van der Waals surface area contributed by atoms with Crippen LogP contribution in [0.1, 0.15) is 20.8 Å². The fourth-order valence-corrected chi connectivity index (χ4v) is 11.6. The summed E-state index contributed by atoms with van der Waals surface area (Å²) in [5.74, 6) is -1.85. The standard InChI is InChI=1S/C52H90N2O40/c1-12-25(65)32(72)36(76)49(83-12)92-43-20(9-60)87-47(24(54-14(3)62)44(43)93-51-38(78)34(74)28(68)18(7-58)85-51)94-45-30(70)22(11-81-46-23(53-13(2)61)31(71)42(19(8-59)86-46)91-50-37(77)33(73)27(67)17(6-57)84-50)88-48(40(45)80)82-10-21-29(69)35(75)39(79)52(89-21)90-41(16(64)5-56)26(66)15(63)4-55/h12,15-52,55-60,63-80H,4-11H2,1-3H3,(H,53,61)(H,54,62)/t12-,15-,16+,17+,18+,19+,20+,21+,22+,23+,24+,25+,26+,27-,28-,29-,30-,31+,32+,33-,34-,35-,36-,37+,38+,39+,40+,41+,42+,43+,44+,45-,46+,47-,48+,49-,50-,51-,52-/m0/s1. The zero-order chi connectivity index (χ0) is 69.6. The summed E-state index contributed by atoms with van der Waals surface area (Å²) in [4.78, 5) is 26.0. The van der Waals surface area contributed by atoms with E-state index in [9.17, 15) is 132 Å². The molecule has 0 radical (unpaired) electrons. The lowest BCUT2D eigenvalue weighted by atomic mass is 9.93. The lowest BCUT2D eigenvalue weighted by Gasteiger charge is -2.51. The van der Waals surface area contributed by atoms with Gasteiger partial charge in [0.1, 0.15) is 189 Å². The second-order valence-electron chi connectivity index (χ2n) is 23.7. The second kappa shape index (κ2) is 34.7. The third-order valence-electron chi connectivity index (χ3n) is 17.0. The molecule has 26 N–H and O–H groups in total. The Bertz CT molecular complexity index is 2310. The lowest BCUT2D eigenvalue weighted by molar-refractivity contribution is -0.388. The minimum atomic E-state index is -2.40. The van der Waals surface area contributed by atoms with Crippen molar-refractivity contribution in [1.29, 1.82) is 0 Å². The van der Waals surface area contributed by atoms with Gasteiger partial charge in [-0.05, 0) is 6.92 Å². The topological polar surface area (TPSA) is 673 Å². The molecule has 7 aliphatic rings. The Balaban J connectivity index is 1.24. The van der Waals surface area contributed by atoms with E-state index in [4.69, 9.17) is 66.3 Å². The van der Waals surface area contributed by atoms with E-state index in [2.05, 4.69) is 10.6 Å². The molecule has 94 heavy (non-hydrogen) atoms. The van der Waals surface area contributed by atoms with Gasteiger partial charge in [0.15, 0.2) is 44.0 Å². The van der Waals surface area contributed by atoms with E-state index >= 15 is 0 Å². The lowest BCUT2D eigenvalue weighted by Crippen LogP contribution is -2.71. The van der Waals surface area contributed by atoms with Crippen LogP contribution in [0.5, 0.6) is 0 Å². The van der Waals surface area contributed by atoms with Crippen molar-refractivity contribution in [1.82, 2.24) is 10.6 Å². The summed E-state index contributed by atoms with van der Waals surface area (Å²) in [7, 11) is 0. The molecule has 0 aromatic heterocycles. The molecule has 39 atom stereocenters. The minimum absolute atomic E-state index is 0.872. The third-order valence-corrected chi connectivity index (χ3v) is 17.0. The highest BCUT2D eigenvalue weighted by Crippen LogP contribution is 2.38. The van der Waals surface area contributed by atoms with Crippen molar-refractivity contribution < 1.29 is 198 Å². The first-order chi connectivity index (χ1) is 44.4. The van der Waals surface area contributed by atoms with Crippen molar-refractivity contribution in [3.05, 3.63) is 0 Å². The summed E-state index contributed by atoms with van der Waals surface area (Å²) in [5, 5.41) is 263. The molecule has 7 saturated heterocycles. The van der Waals surface area contributed by atoms with E-state index < -0.39 is 304 Å². The second-order valence-corrected chi connectivity index (χ2v) is 23.7. The van der Waals surface area contributed by atoms with E-state index in [1.165, 1.54) is 6.92 Å². The van der Waals surface area contributed by atoms with Crippen molar-refractivity contribution in [2.75, 3.05) is 52.9 Å². The first-order valence-corrected chi connectivity index (χ1v) is 29.9. The van der Waals surface area contributed by atoms with Crippen LogP contribution < -0.4 is 10.6 Å². The van der Waals surface area contributed by atoms with Gasteiger partial charge in [-0.2, -0.15) is 0 Å². The molecule has 7 aliphatic heterocycles. The molecule has 42 nitrogen and oxygen atoms in total. The van der Waals surface area contributed by atoms with Crippen LogP contribution >= 0.6 is 0 Å². The smallest absolute Gasteiger partial charge is 0.217 e. The summed E-state index contributed by atoms with van der Waals surface area (Å²) in [5.41, 5.74) is 0. The van der Waals surface area contributed by atoms with Gasteiger partial charge in [-0.1, -0.05) is 0 Å². The minimum Gasteiger partial charge on any atom is -0.394 e. The maximum Gasteiger partial charge on any atom is 0.217 e. The molecule has 548 valence electrons. The molecule has 0 aliphatic carbocycles. The molecule has 7 fully saturated rings.